The van der Waals surface area contributed by atoms with E-state index < -0.39 is 6.10 Å². The van der Waals surface area contributed by atoms with Crippen LogP contribution in [-0.2, 0) is 14.1 Å². The number of aryl methyl sites for hydroxylation is 4. The van der Waals surface area contributed by atoms with Crippen LogP contribution in [0.4, 0.5) is 0 Å². The number of imidazole rings is 1. The van der Waals surface area contributed by atoms with E-state index in [0.717, 1.165) is 33.3 Å². The van der Waals surface area contributed by atoms with Gasteiger partial charge in [-0.1, -0.05) is 29.8 Å². The second kappa shape index (κ2) is 5.14. The maximum absolute atomic E-state index is 12.1. The van der Waals surface area contributed by atoms with Crippen molar-refractivity contribution in [1.82, 2.24) is 9.13 Å². The van der Waals surface area contributed by atoms with Crippen molar-refractivity contribution in [2.75, 3.05) is 0 Å². The highest BCUT2D eigenvalue weighted by Gasteiger charge is 2.17. The molecule has 0 saturated carbocycles. The van der Waals surface area contributed by atoms with E-state index in [4.69, 9.17) is 0 Å². The summed E-state index contributed by atoms with van der Waals surface area (Å²) in [7, 11) is 3.52. The van der Waals surface area contributed by atoms with Crippen molar-refractivity contribution >= 4 is 11.0 Å². The van der Waals surface area contributed by atoms with Crippen LogP contribution in [0, 0.1) is 13.8 Å². The van der Waals surface area contributed by atoms with Gasteiger partial charge in [0.2, 0.25) is 0 Å². The summed E-state index contributed by atoms with van der Waals surface area (Å²) < 4.78 is 3.24. The second-order valence-electron chi connectivity index (χ2n) is 5.91. The van der Waals surface area contributed by atoms with Crippen LogP contribution < -0.4 is 5.69 Å². The SMILES string of the molecule is Cc1ccc(C(O)c2cc3c(cc2C)n(C)c(=O)n3C)cc1. The van der Waals surface area contributed by atoms with E-state index in [2.05, 4.69) is 0 Å². The van der Waals surface area contributed by atoms with Crippen LogP contribution >= 0.6 is 0 Å². The highest BCUT2D eigenvalue weighted by atomic mass is 16.3. The molecule has 1 heterocycles. The number of aromatic nitrogens is 2. The van der Waals surface area contributed by atoms with Crippen molar-refractivity contribution in [2.45, 2.75) is 20.0 Å². The highest BCUT2D eigenvalue weighted by Crippen LogP contribution is 2.28. The fourth-order valence-electron chi connectivity index (χ4n) is 2.89. The van der Waals surface area contributed by atoms with Crippen LogP contribution in [0.1, 0.15) is 28.4 Å². The third-order valence-corrected chi connectivity index (χ3v) is 4.35. The van der Waals surface area contributed by atoms with Crippen LogP contribution in [0.2, 0.25) is 0 Å². The minimum absolute atomic E-state index is 0.0589. The lowest BCUT2D eigenvalue weighted by molar-refractivity contribution is 0.219. The molecule has 2 aromatic carbocycles. The number of aliphatic hydroxyl groups excluding tert-OH is 1. The number of benzene rings is 2. The van der Waals surface area contributed by atoms with Gasteiger partial charge in [-0.15, -0.1) is 0 Å². The van der Waals surface area contributed by atoms with Gasteiger partial charge in [-0.2, -0.15) is 0 Å². The summed E-state index contributed by atoms with van der Waals surface area (Å²) in [4.78, 5) is 12.1. The second-order valence-corrected chi connectivity index (χ2v) is 5.91. The van der Waals surface area contributed by atoms with Gasteiger partial charge in [0.1, 0.15) is 6.10 Å². The van der Waals surface area contributed by atoms with Crippen molar-refractivity contribution in [3.63, 3.8) is 0 Å². The summed E-state index contributed by atoms with van der Waals surface area (Å²) in [6.07, 6.45) is -0.694. The average molecular weight is 296 g/mol. The van der Waals surface area contributed by atoms with E-state index in [0.29, 0.717) is 0 Å². The maximum Gasteiger partial charge on any atom is 0.328 e. The van der Waals surface area contributed by atoms with Crippen molar-refractivity contribution in [2.24, 2.45) is 14.1 Å². The Labute approximate surface area is 129 Å². The van der Waals surface area contributed by atoms with Crippen molar-refractivity contribution in [3.8, 4) is 0 Å². The van der Waals surface area contributed by atoms with Crippen LogP contribution in [0.15, 0.2) is 41.2 Å². The molecule has 4 nitrogen and oxygen atoms in total. The van der Waals surface area contributed by atoms with E-state index >= 15 is 0 Å². The Morgan fingerprint density at radius 3 is 2.09 bits per heavy atom. The van der Waals surface area contributed by atoms with E-state index in [1.807, 2.05) is 50.2 Å². The number of hydrogen-bond donors (Lipinski definition) is 1. The van der Waals surface area contributed by atoms with Gasteiger partial charge in [-0.05, 0) is 42.7 Å². The number of hydrogen-bond acceptors (Lipinski definition) is 2. The topological polar surface area (TPSA) is 47.2 Å². The molecule has 114 valence electrons. The monoisotopic (exact) mass is 296 g/mol. The molecule has 1 aromatic heterocycles. The zero-order valence-electron chi connectivity index (χ0n) is 13.3. The summed E-state index contributed by atoms with van der Waals surface area (Å²) >= 11 is 0. The van der Waals surface area contributed by atoms with Crippen LogP contribution in [-0.4, -0.2) is 14.2 Å². The molecule has 4 heteroatoms. The highest BCUT2D eigenvalue weighted by molar-refractivity contribution is 5.78. The zero-order valence-corrected chi connectivity index (χ0v) is 13.3. The van der Waals surface area contributed by atoms with E-state index in [1.54, 1.807) is 23.2 Å². The van der Waals surface area contributed by atoms with Gasteiger partial charge < -0.3 is 5.11 Å². The third-order valence-electron chi connectivity index (χ3n) is 4.35. The molecule has 22 heavy (non-hydrogen) atoms. The Kier molecular flexibility index (Phi) is 3.41. The molecule has 0 spiro atoms. The molecule has 1 atom stereocenters. The van der Waals surface area contributed by atoms with Gasteiger partial charge in [-0.3, -0.25) is 9.13 Å². The van der Waals surface area contributed by atoms with E-state index in [1.165, 1.54) is 0 Å². The molecule has 0 fully saturated rings. The lowest BCUT2D eigenvalue weighted by atomic mass is 9.96. The van der Waals surface area contributed by atoms with Gasteiger partial charge in [0.15, 0.2) is 0 Å². The molecular formula is C18H20N2O2. The molecule has 0 aliphatic carbocycles. The quantitative estimate of drug-likeness (QED) is 0.790. The molecule has 0 aliphatic heterocycles. The number of nitrogens with zero attached hydrogens (tertiary/aromatic N) is 2. The van der Waals surface area contributed by atoms with Gasteiger partial charge >= 0.3 is 5.69 Å². The van der Waals surface area contributed by atoms with E-state index in [9.17, 15) is 9.90 Å². The minimum Gasteiger partial charge on any atom is -0.384 e. The van der Waals surface area contributed by atoms with Crippen LogP contribution in [0.25, 0.3) is 11.0 Å². The molecule has 0 saturated heterocycles. The van der Waals surface area contributed by atoms with Crippen molar-refractivity contribution < 1.29 is 5.11 Å². The Bertz CT molecular complexity index is 901. The number of fused-ring (bicyclic) bond motifs is 1. The lowest BCUT2D eigenvalue weighted by Gasteiger charge is -2.15. The smallest absolute Gasteiger partial charge is 0.328 e. The molecule has 3 rings (SSSR count). The van der Waals surface area contributed by atoms with Crippen molar-refractivity contribution in [3.05, 3.63) is 69.1 Å². The standard InChI is InChI=1S/C18H20N2O2/c1-11-5-7-13(8-6-11)17(21)14-10-16-15(9-12(14)2)19(3)18(22)20(16)4/h5-10,17,21H,1-4H3. The van der Waals surface area contributed by atoms with Gasteiger partial charge in [0, 0.05) is 14.1 Å². The van der Waals surface area contributed by atoms with Gasteiger partial charge in [0.05, 0.1) is 11.0 Å². The molecule has 3 aromatic rings. The maximum atomic E-state index is 12.1. The largest absolute Gasteiger partial charge is 0.384 e. The minimum atomic E-state index is -0.694. The van der Waals surface area contributed by atoms with Crippen LogP contribution in [0.3, 0.4) is 0 Å². The number of aliphatic hydroxyl groups is 1. The molecule has 0 amide bonds. The zero-order chi connectivity index (χ0) is 16.0. The molecule has 1 N–H and O–H groups in total. The summed E-state index contributed by atoms with van der Waals surface area (Å²) in [5.41, 5.74) is 5.47. The number of rotatable bonds is 2. The summed E-state index contributed by atoms with van der Waals surface area (Å²) in [6.45, 7) is 3.98. The van der Waals surface area contributed by atoms with Gasteiger partial charge in [-0.25, -0.2) is 4.79 Å². The third kappa shape index (κ3) is 2.16. The Morgan fingerprint density at radius 2 is 1.50 bits per heavy atom. The van der Waals surface area contributed by atoms with Crippen LogP contribution in [0.5, 0.6) is 0 Å². The molecule has 0 bridgehead atoms. The first kappa shape index (κ1) is 14.6. The molecular weight excluding hydrogens is 276 g/mol. The first-order valence-electron chi connectivity index (χ1n) is 7.30. The molecule has 0 radical (unpaired) electrons. The van der Waals surface area contributed by atoms with Gasteiger partial charge in [0.25, 0.3) is 0 Å². The molecule has 0 aliphatic rings. The molecule has 1 unspecified atom stereocenters. The normalized spacial score (nSPS) is 12.8. The first-order valence-corrected chi connectivity index (χ1v) is 7.30. The Morgan fingerprint density at radius 1 is 0.955 bits per heavy atom. The van der Waals surface area contributed by atoms with E-state index in [-0.39, 0.29) is 5.69 Å². The summed E-state index contributed by atoms with van der Waals surface area (Å²) in [5.74, 6) is 0. The Hall–Kier alpha value is -2.33. The Balaban J connectivity index is 2.18. The summed E-state index contributed by atoms with van der Waals surface area (Å²) in [6, 6.07) is 11.7. The predicted octanol–water partition coefficient (Wildman–Crippen LogP) is 2.58. The fraction of sp³-hybridized carbons (Fsp3) is 0.278. The summed E-state index contributed by atoms with van der Waals surface area (Å²) in [5, 5.41) is 10.7. The fourth-order valence-corrected chi connectivity index (χ4v) is 2.89. The average Bonchev–Trinajstić information content (AvgIpc) is 2.71. The van der Waals surface area contributed by atoms with Crippen molar-refractivity contribution in [1.29, 1.82) is 0 Å². The predicted molar refractivity (Wildman–Crippen MR) is 88.1 cm³/mol. The first-order chi connectivity index (χ1) is 10.4. The lowest BCUT2D eigenvalue weighted by Crippen LogP contribution is -2.19.